The Kier molecular flexibility index (Phi) is 2.87. The molecule has 0 atom stereocenters. The lowest BCUT2D eigenvalue weighted by Gasteiger charge is -2.09. The Morgan fingerprint density at radius 2 is 2.00 bits per heavy atom. The highest BCUT2D eigenvalue weighted by atomic mass is 32.2. The van der Waals surface area contributed by atoms with E-state index in [2.05, 4.69) is 9.71 Å². The molecule has 0 spiro atoms. The summed E-state index contributed by atoms with van der Waals surface area (Å²) in [6, 6.07) is 7.78. The summed E-state index contributed by atoms with van der Waals surface area (Å²) in [5, 5.41) is -0.210. The molecule has 0 aliphatic carbocycles. The van der Waals surface area contributed by atoms with Gasteiger partial charge in [0, 0.05) is 12.3 Å². The van der Waals surface area contributed by atoms with Gasteiger partial charge in [0.25, 0.3) is 10.0 Å². The molecule has 7 nitrogen and oxygen atoms in total. The maximum absolute atomic E-state index is 12.2. The van der Waals surface area contributed by atoms with Crippen molar-refractivity contribution in [1.29, 1.82) is 0 Å². The number of hydrogen-bond acceptors (Lipinski definition) is 6. The van der Waals surface area contributed by atoms with Crippen LogP contribution in [0.3, 0.4) is 0 Å². The molecule has 0 saturated carbocycles. The van der Waals surface area contributed by atoms with Crippen molar-refractivity contribution in [2.75, 3.05) is 17.2 Å². The van der Waals surface area contributed by atoms with Crippen LogP contribution in [0.15, 0.2) is 41.6 Å². The molecule has 0 fully saturated rings. The van der Waals surface area contributed by atoms with Crippen LogP contribution in [0.4, 0.5) is 11.4 Å². The Morgan fingerprint density at radius 3 is 2.80 bits per heavy atom. The minimum Gasteiger partial charge on any atom is -0.454 e. The zero-order valence-corrected chi connectivity index (χ0v) is 11.1. The van der Waals surface area contributed by atoms with Gasteiger partial charge in [0.2, 0.25) is 6.79 Å². The van der Waals surface area contributed by atoms with E-state index in [-0.39, 0.29) is 17.5 Å². The monoisotopic (exact) mass is 293 g/mol. The van der Waals surface area contributed by atoms with Gasteiger partial charge in [-0.1, -0.05) is 0 Å². The molecule has 1 aromatic carbocycles. The number of nitrogen functional groups attached to an aromatic ring is 1. The van der Waals surface area contributed by atoms with Gasteiger partial charge in [0.05, 0.1) is 11.4 Å². The lowest BCUT2D eigenvalue weighted by molar-refractivity contribution is 0.174. The number of aromatic nitrogens is 1. The molecule has 1 aromatic heterocycles. The quantitative estimate of drug-likeness (QED) is 0.881. The van der Waals surface area contributed by atoms with Crippen LogP contribution in [0, 0.1) is 0 Å². The Bertz CT molecular complexity index is 761. The number of nitrogens with zero attached hydrogens (tertiary/aromatic N) is 1. The minimum absolute atomic E-state index is 0.0840. The van der Waals surface area contributed by atoms with Crippen molar-refractivity contribution >= 4 is 21.4 Å². The summed E-state index contributed by atoms with van der Waals surface area (Å²) in [5.41, 5.74) is 6.05. The number of ether oxygens (including phenoxy) is 2. The molecule has 20 heavy (non-hydrogen) atoms. The molecule has 0 saturated heterocycles. The average Bonchev–Trinajstić information content (AvgIpc) is 2.86. The highest BCUT2D eigenvalue weighted by Crippen LogP contribution is 2.34. The molecule has 2 aromatic rings. The molecule has 3 rings (SSSR count). The molecule has 1 aliphatic heterocycles. The first-order valence-electron chi connectivity index (χ1n) is 5.69. The fourth-order valence-electron chi connectivity index (χ4n) is 1.79. The van der Waals surface area contributed by atoms with Crippen LogP contribution in [0.5, 0.6) is 11.5 Å². The summed E-state index contributed by atoms with van der Waals surface area (Å²) in [6.07, 6.45) is 1.37. The first-order chi connectivity index (χ1) is 9.56. The van der Waals surface area contributed by atoms with Crippen molar-refractivity contribution in [2.24, 2.45) is 0 Å². The van der Waals surface area contributed by atoms with E-state index >= 15 is 0 Å². The van der Waals surface area contributed by atoms with E-state index in [1.807, 2.05) is 0 Å². The Hall–Kier alpha value is -2.48. The predicted molar refractivity (Wildman–Crippen MR) is 72.0 cm³/mol. The molecular formula is C12H11N3O4S. The van der Waals surface area contributed by atoms with Crippen molar-refractivity contribution in [1.82, 2.24) is 4.98 Å². The Morgan fingerprint density at radius 1 is 1.20 bits per heavy atom. The number of pyridine rings is 1. The second kappa shape index (κ2) is 4.57. The largest absolute Gasteiger partial charge is 0.454 e. The van der Waals surface area contributed by atoms with Crippen LogP contribution in [-0.2, 0) is 10.0 Å². The van der Waals surface area contributed by atoms with E-state index in [4.69, 9.17) is 15.2 Å². The van der Waals surface area contributed by atoms with Gasteiger partial charge < -0.3 is 15.2 Å². The van der Waals surface area contributed by atoms with E-state index in [0.717, 1.165) is 0 Å². The number of sulfonamides is 1. The normalized spacial score (nSPS) is 13.2. The number of nitrogens with two attached hydrogens (primary N) is 1. The molecular weight excluding hydrogens is 282 g/mol. The molecule has 0 amide bonds. The zero-order valence-electron chi connectivity index (χ0n) is 10.2. The summed E-state index contributed by atoms with van der Waals surface area (Å²) < 4.78 is 37.1. The maximum atomic E-state index is 12.2. The third kappa shape index (κ3) is 2.21. The summed E-state index contributed by atoms with van der Waals surface area (Å²) in [4.78, 5) is 3.79. The van der Waals surface area contributed by atoms with Crippen LogP contribution >= 0.6 is 0 Å². The Balaban J connectivity index is 1.93. The van der Waals surface area contributed by atoms with Crippen molar-refractivity contribution in [3.8, 4) is 11.5 Å². The number of nitrogens with one attached hydrogen (secondary N) is 1. The molecule has 1 aliphatic rings. The second-order valence-electron chi connectivity index (χ2n) is 4.07. The van der Waals surface area contributed by atoms with Crippen LogP contribution in [-0.4, -0.2) is 20.2 Å². The third-order valence-corrected chi connectivity index (χ3v) is 4.03. The van der Waals surface area contributed by atoms with E-state index < -0.39 is 10.0 Å². The van der Waals surface area contributed by atoms with Gasteiger partial charge in [0.1, 0.15) is 0 Å². The Labute approximate surface area is 115 Å². The number of anilines is 2. The number of benzene rings is 1. The van der Waals surface area contributed by atoms with E-state index in [9.17, 15) is 8.42 Å². The number of fused-ring (bicyclic) bond motifs is 1. The highest BCUT2D eigenvalue weighted by molar-refractivity contribution is 7.92. The van der Waals surface area contributed by atoms with Crippen LogP contribution in [0.25, 0.3) is 0 Å². The van der Waals surface area contributed by atoms with Gasteiger partial charge in [-0.15, -0.1) is 0 Å². The first-order valence-corrected chi connectivity index (χ1v) is 7.17. The standard InChI is InChI=1S/C12H11N3O4S/c13-9-2-1-5-14-12(9)20(16,17)15-8-3-4-10-11(6-8)19-7-18-10/h1-6,15H,7,13H2. The fraction of sp³-hybridized carbons (Fsp3) is 0.0833. The molecule has 104 valence electrons. The summed E-state index contributed by atoms with van der Waals surface area (Å²) >= 11 is 0. The summed E-state index contributed by atoms with van der Waals surface area (Å²) in [7, 11) is -3.84. The second-order valence-corrected chi connectivity index (χ2v) is 5.67. The minimum atomic E-state index is -3.84. The first kappa shape index (κ1) is 12.5. The molecule has 3 N–H and O–H groups in total. The van der Waals surface area contributed by atoms with Crippen LogP contribution < -0.4 is 19.9 Å². The lowest BCUT2D eigenvalue weighted by Crippen LogP contribution is -2.16. The summed E-state index contributed by atoms with van der Waals surface area (Å²) in [6.45, 7) is 0.124. The van der Waals surface area contributed by atoms with E-state index in [0.29, 0.717) is 17.2 Å². The van der Waals surface area contributed by atoms with Crippen LogP contribution in [0.2, 0.25) is 0 Å². The average molecular weight is 293 g/mol. The molecule has 8 heteroatoms. The van der Waals surface area contributed by atoms with Gasteiger partial charge in [-0.05, 0) is 24.3 Å². The van der Waals surface area contributed by atoms with Crippen molar-refractivity contribution in [3.63, 3.8) is 0 Å². The van der Waals surface area contributed by atoms with Gasteiger partial charge >= 0.3 is 0 Å². The smallest absolute Gasteiger partial charge is 0.281 e. The maximum Gasteiger partial charge on any atom is 0.281 e. The zero-order chi connectivity index (χ0) is 14.2. The molecule has 0 radical (unpaired) electrons. The third-order valence-electron chi connectivity index (χ3n) is 2.68. The topological polar surface area (TPSA) is 104 Å². The van der Waals surface area contributed by atoms with Crippen molar-refractivity contribution in [2.45, 2.75) is 5.03 Å². The SMILES string of the molecule is Nc1cccnc1S(=O)(=O)Nc1ccc2c(c1)OCO2. The fourth-order valence-corrected chi connectivity index (χ4v) is 2.90. The van der Waals surface area contributed by atoms with Gasteiger partial charge in [-0.25, -0.2) is 4.98 Å². The van der Waals surface area contributed by atoms with Crippen LogP contribution in [0.1, 0.15) is 0 Å². The molecule has 0 bridgehead atoms. The van der Waals surface area contributed by atoms with E-state index in [1.165, 1.54) is 12.3 Å². The van der Waals surface area contributed by atoms with Gasteiger partial charge in [-0.2, -0.15) is 8.42 Å². The lowest BCUT2D eigenvalue weighted by atomic mass is 10.3. The number of hydrogen-bond donors (Lipinski definition) is 2. The van der Waals surface area contributed by atoms with Gasteiger partial charge in [0.15, 0.2) is 16.5 Å². The predicted octanol–water partition coefficient (Wildman–Crippen LogP) is 1.19. The highest BCUT2D eigenvalue weighted by Gasteiger charge is 2.20. The van der Waals surface area contributed by atoms with Crippen molar-refractivity contribution < 1.29 is 17.9 Å². The summed E-state index contributed by atoms with van der Waals surface area (Å²) in [5.74, 6) is 1.06. The molecule has 0 unspecified atom stereocenters. The van der Waals surface area contributed by atoms with E-state index in [1.54, 1.807) is 24.3 Å². The molecule has 2 heterocycles. The van der Waals surface area contributed by atoms with Crippen molar-refractivity contribution in [3.05, 3.63) is 36.5 Å². The van der Waals surface area contributed by atoms with Gasteiger partial charge in [-0.3, -0.25) is 4.72 Å². The number of rotatable bonds is 3.